The van der Waals surface area contributed by atoms with Crippen molar-refractivity contribution in [3.05, 3.63) is 70.3 Å². The molecule has 0 radical (unpaired) electrons. The van der Waals surface area contributed by atoms with Crippen molar-refractivity contribution in [3.8, 4) is 5.75 Å². The molecule has 8 atom stereocenters. The van der Waals surface area contributed by atoms with Gasteiger partial charge in [-0.15, -0.1) is 0 Å². The van der Waals surface area contributed by atoms with Gasteiger partial charge in [0, 0.05) is 75.0 Å². The van der Waals surface area contributed by atoms with Crippen LogP contribution in [-0.2, 0) is 26.6 Å². The average molecular weight is 783 g/mol. The topological polar surface area (TPSA) is 91.4 Å². The number of fused-ring (bicyclic) bond motifs is 5. The Balaban J connectivity index is 1.18. The van der Waals surface area contributed by atoms with Gasteiger partial charge in [-0.1, -0.05) is 36.7 Å². The first-order chi connectivity index (χ1) is 25.9. The molecule has 1 N–H and O–H groups in total. The van der Waals surface area contributed by atoms with Gasteiger partial charge in [0.05, 0.1) is 17.5 Å². The summed E-state index contributed by atoms with van der Waals surface area (Å²) in [4.78, 5) is 21.0. The van der Waals surface area contributed by atoms with Crippen molar-refractivity contribution in [2.45, 2.75) is 93.7 Å². The number of alkyl halides is 1. The summed E-state index contributed by atoms with van der Waals surface area (Å²) in [6.07, 6.45) is 10.3. The molecule has 8 rings (SSSR count). The Morgan fingerprint density at radius 3 is 2.72 bits per heavy atom. The number of amides is 1. The van der Waals surface area contributed by atoms with E-state index in [1.54, 1.807) is 13.0 Å². The van der Waals surface area contributed by atoms with Gasteiger partial charge in [-0.2, -0.15) is 0 Å². The molecule has 12 heteroatoms. The molecule has 4 aliphatic heterocycles. The highest BCUT2D eigenvalue weighted by atomic mass is 35.5. The van der Waals surface area contributed by atoms with Crippen molar-refractivity contribution in [3.63, 3.8) is 0 Å². The molecule has 1 amide bonds. The number of nitrogens with zero attached hydrogens (tertiary/aromatic N) is 3. The number of carbonyl (C=O) groups excluding carboxylic acids is 1. The van der Waals surface area contributed by atoms with E-state index in [1.165, 1.54) is 11.1 Å². The third kappa shape index (κ3) is 7.21. The lowest BCUT2D eigenvalue weighted by molar-refractivity contribution is -0.101. The number of ether oxygens (including phenoxy) is 2. The summed E-state index contributed by atoms with van der Waals surface area (Å²) in [6, 6.07) is 11.8. The highest BCUT2D eigenvalue weighted by Crippen LogP contribution is 2.49. The Kier molecular flexibility index (Phi) is 10.6. The van der Waals surface area contributed by atoms with E-state index in [0.29, 0.717) is 56.2 Å². The molecule has 6 aliphatic rings. The van der Waals surface area contributed by atoms with Gasteiger partial charge >= 0.3 is 0 Å². The third-order valence-corrected chi connectivity index (χ3v) is 16.2. The van der Waals surface area contributed by atoms with Crippen molar-refractivity contribution in [2.24, 2.45) is 17.8 Å². The summed E-state index contributed by atoms with van der Waals surface area (Å²) in [5, 5.41) is -0.0699. The van der Waals surface area contributed by atoms with Gasteiger partial charge in [0.1, 0.15) is 17.5 Å². The van der Waals surface area contributed by atoms with Crippen LogP contribution in [0.1, 0.15) is 80.3 Å². The summed E-state index contributed by atoms with van der Waals surface area (Å²) < 4.78 is 57.6. The number of methoxy groups -OCH3 is 1. The predicted molar refractivity (Wildman–Crippen MR) is 211 cm³/mol. The van der Waals surface area contributed by atoms with Crippen molar-refractivity contribution < 1.29 is 27.1 Å². The molecule has 4 heterocycles. The molecule has 2 aliphatic carbocycles. The van der Waals surface area contributed by atoms with Crippen LogP contribution in [0.3, 0.4) is 0 Å². The highest BCUT2D eigenvalue weighted by molar-refractivity contribution is 7.90. The maximum atomic E-state index is 14.6. The second-order valence-corrected chi connectivity index (χ2v) is 19.7. The summed E-state index contributed by atoms with van der Waals surface area (Å²) in [5.41, 5.74) is 2.72. The number of benzene rings is 2. The minimum absolute atomic E-state index is 0.203. The van der Waals surface area contributed by atoms with E-state index in [9.17, 15) is 17.6 Å². The maximum Gasteiger partial charge on any atom is 0.264 e. The van der Waals surface area contributed by atoms with Gasteiger partial charge in [-0.25, -0.2) is 17.5 Å². The minimum atomic E-state index is -3.98. The van der Waals surface area contributed by atoms with E-state index in [0.717, 1.165) is 75.5 Å². The van der Waals surface area contributed by atoms with Gasteiger partial charge in [-0.3, -0.25) is 14.6 Å². The SMILES string of the molecule is CO[C@@]1(CN2CCN3CC[C@H](F)C[C@@H]3C2)/C=C\C[C@H](C)[C@@H](C)S(=O)(=O)NC(=O)c2ccc3c(c2)N(C[C@@H]2CC[C@H]21)C[C@@]1(CCCc2cc(Cl)ccc21)CO3. The standard InChI is InChI=1S/C42H56ClFN4O5S/c1-28-6-4-16-42(52-3,26-46-18-19-47-17-14-34(44)22-35(47)24-46)37-11-8-32(37)23-48-25-41(15-5-7-30-20-33(43)10-12-36(30)41)27-53-39-13-9-31(21-38(39)48)40(49)45-54(50,51)29(28)2/h4,9-10,12-13,16,20-21,28-29,32,34-35,37H,5-8,11,14-15,17-19,22-27H2,1-3H3,(H,45,49)/b16-4-/t28-,29+,32-,34-,35+,37+,41-,42+/m0/s1. The van der Waals surface area contributed by atoms with E-state index in [1.807, 2.05) is 32.2 Å². The molecule has 0 aromatic heterocycles. The summed E-state index contributed by atoms with van der Waals surface area (Å²) in [7, 11) is -2.16. The molecule has 294 valence electrons. The fourth-order valence-electron chi connectivity index (χ4n) is 10.5. The number of sulfonamides is 1. The summed E-state index contributed by atoms with van der Waals surface area (Å²) in [5.74, 6) is 0.306. The normalized spacial score (nSPS) is 36.4. The molecule has 2 aromatic rings. The molecule has 2 saturated heterocycles. The minimum Gasteiger partial charge on any atom is -0.490 e. The molecule has 2 bridgehead atoms. The first-order valence-electron chi connectivity index (χ1n) is 20.1. The molecule has 3 fully saturated rings. The van der Waals surface area contributed by atoms with Gasteiger partial charge in [0.2, 0.25) is 10.0 Å². The zero-order chi connectivity index (χ0) is 37.8. The van der Waals surface area contributed by atoms with Crippen molar-refractivity contribution >= 4 is 33.2 Å². The number of anilines is 1. The van der Waals surface area contributed by atoms with Crippen LogP contribution in [-0.4, -0.2) is 107 Å². The van der Waals surface area contributed by atoms with Crippen LogP contribution >= 0.6 is 11.6 Å². The van der Waals surface area contributed by atoms with E-state index in [2.05, 4.69) is 43.7 Å². The first kappa shape index (κ1) is 38.2. The lowest BCUT2D eigenvalue weighted by Gasteiger charge is -2.53. The number of piperidine rings is 1. The zero-order valence-corrected chi connectivity index (χ0v) is 33.5. The first-order valence-corrected chi connectivity index (χ1v) is 22.0. The second kappa shape index (κ2) is 15.0. The van der Waals surface area contributed by atoms with Crippen molar-refractivity contribution in [1.82, 2.24) is 14.5 Å². The summed E-state index contributed by atoms with van der Waals surface area (Å²) >= 11 is 6.50. The molecule has 1 spiro atoms. The number of rotatable bonds is 3. The van der Waals surface area contributed by atoms with Gasteiger partial charge in [-0.05, 0) is 118 Å². The maximum absolute atomic E-state index is 14.6. The van der Waals surface area contributed by atoms with Crippen LogP contribution in [0.25, 0.3) is 0 Å². The third-order valence-electron chi connectivity index (χ3n) is 14.0. The van der Waals surface area contributed by atoms with Crippen LogP contribution in [0.5, 0.6) is 5.75 Å². The number of carbonyl (C=O) groups is 1. The smallest absolute Gasteiger partial charge is 0.264 e. The quantitative estimate of drug-likeness (QED) is 0.359. The van der Waals surface area contributed by atoms with Gasteiger partial charge in [0.15, 0.2) is 0 Å². The number of hydrogen-bond acceptors (Lipinski definition) is 8. The average Bonchev–Trinajstić information content (AvgIpc) is 3.28. The lowest BCUT2D eigenvalue weighted by Crippen LogP contribution is -2.62. The van der Waals surface area contributed by atoms with Gasteiger partial charge < -0.3 is 14.4 Å². The van der Waals surface area contributed by atoms with Crippen molar-refractivity contribution in [2.75, 3.05) is 64.4 Å². The predicted octanol–water partition coefficient (Wildman–Crippen LogP) is 6.39. The molecule has 2 aromatic carbocycles. The molecule has 1 saturated carbocycles. The molecule has 54 heavy (non-hydrogen) atoms. The second-order valence-electron chi connectivity index (χ2n) is 17.2. The highest BCUT2D eigenvalue weighted by Gasteiger charge is 2.50. The van der Waals surface area contributed by atoms with Crippen LogP contribution < -0.4 is 14.4 Å². The Labute approximate surface area is 325 Å². The Bertz CT molecular complexity index is 1880. The van der Waals surface area contributed by atoms with E-state index >= 15 is 0 Å². The molecule has 9 nitrogen and oxygen atoms in total. The monoisotopic (exact) mass is 782 g/mol. The fourth-order valence-corrected chi connectivity index (χ4v) is 12.0. The summed E-state index contributed by atoms with van der Waals surface area (Å²) in [6.45, 7) is 9.68. The number of nitrogens with one attached hydrogen (secondary N) is 1. The van der Waals surface area contributed by atoms with E-state index < -0.39 is 33.0 Å². The largest absolute Gasteiger partial charge is 0.490 e. The Hall–Kier alpha value is -2.70. The number of hydrogen-bond donors (Lipinski definition) is 1. The molecular formula is C42H56ClFN4O5S. The van der Waals surface area contributed by atoms with Crippen LogP contribution in [0.2, 0.25) is 5.02 Å². The van der Waals surface area contributed by atoms with E-state index in [4.69, 9.17) is 21.1 Å². The number of allylic oxidation sites excluding steroid dienone is 1. The molecule has 0 unspecified atom stereocenters. The van der Waals surface area contributed by atoms with E-state index in [-0.39, 0.29) is 23.3 Å². The fraction of sp³-hybridized carbons (Fsp3) is 0.643. The lowest BCUT2D eigenvalue weighted by atomic mass is 9.63. The van der Waals surface area contributed by atoms with Crippen LogP contribution in [0.15, 0.2) is 48.6 Å². The van der Waals surface area contributed by atoms with Crippen LogP contribution in [0.4, 0.5) is 10.1 Å². The zero-order valence-electron chi connectivity index (χ0n) is 31.9. The van der Waals surface area contributed by atoms with Gasteiger partial charge in [0.25, 0.3) is 5.91 Å². The number of piperazine rings is 1. The number of aryl methyl sites for hydroxylation is 1. The molecular weight excluding hydrogens is 727 g/mol. The van der Waals surface area contributed by atoms with Crippen LogP contribution in [0, 0.1) is 17.8 Å². The number of halogens is 2. The Morgan fingerprint density at radius 1 is 1.07 bits per heavy atom. The Morgan fingerprint density at radius 2 is 1.93 bits per heavy atom. The van der Waals surface area contributed by atoms with Crippen molar-refractivity contribution in [1.29, 1.82) is 0 Å².